The number of nitrogens with zero attached hydrogens (tertiary/aromatic N) is 3. The number of amides is 1. The maximum absolute atomic E-state index is 12.3. The summed E-state index contributed by atoms with van der Waals surface area (Å²) in [7, 11) is 0. The number of rotatable bonds is 4. The molecule has 1 fully saturated rings. The summed E-state index contributed by atoms with van der Waals surface area (Å²) in [6.07, 6.45) is 1.54. The molecule has 0 aliphatic carbocycles. The van der Waals surface area contributed by atoms with Crippen LogP contribution in [0.3, 0.4) is 0 Å². The molecule has 1 amide bonds. The largest absolute Gasteiger partial charge is 0.459 e. The summed E-state index contributed by atoms with van der Waals surface area (Å²) in [5.41, 5.74) is 0. The van der Waals surface area contributed by atoms with Crippen molar-refractivity contribution in [3.8, 4) is 11.7 Å². The van der Waals surface area contributed by atoms with Crippen LogP contribution in [0.4, 0.5) is 0 Å². The number of ether oxygens (including phenoxy) is 1. The van der Waals surface area contributed by atoms with Crippen LogP contribution in [0.5, 0.6) is 0 Å². The highest BCUT2D eigenvalue weighted by molar-refractivity contribution is 8.00. The van der Waals surface area contributed by atoms with E-state index in [9.17, 15) is 4.79 Å². The zero-order chi connectivity index (χ0) is 14.7. The summed E-state index contributed by atoms with van der Waals surface area (Å²) in [5, 5.41) is 7.91. The van der Waals surface area contributed by atoms with Gasteiger partial charge in [0.15, 0.2) is 5.76 Å². The molecule has 1 aliphatic heterocycles. The van der Waals surface area contributed by atoms with Crippen LogP contribution in [0.15, 0.2) is 32.5 Å². The molecule has 1 unspecified atom stereocenters. The molecule has 112 valence electrons. The first-order valence-corrected chi connectivity index (χ1v) is 7.52. The Labute approximate surface area is 125 Å². The van der Waals surface area contributed by atoms with Gasteiger partial charge in [-0.3, -0.25) is 4.79 Å². The first-order valence-electron chi connectivity index (χ1n) is 6.64. The van der Waals surface area contributed by atoms with Crippen molar-refractivity contribution >= 4 is 17.7 Å². The molecule has 1 aliphatic rings. The van der Waals surface area contributed by atoms with Crippen molar-refractivity contribution in [2.24, 2.45) is 0 Å². The highest BCUT2D eigenvalue weighted by Gasteiger charge is 2.25. The molecule has 0 aromatic carbocycles. The lowest BCUT2D eigenvalue weighted by molar-refractivity contribution is -0.134. The van der Waals surface area contributed by atoms with Crippen LogP contribution < -0.4 is 0 Å². The molecule has 0 radical (unpaired) electrons. The van der Waals surface area contributed by atoms with Crippen molar-refractivity contribution in [1.82, 2.24) is 15.1 Å². The fourth-order valence-electron chi connectivity index (χ4n) is 2.00. The second-order valence-electron chi connectivity index (χ2n) is 4.55. The second-order valence-corrected chi connectivity index (χ2v) is 5.84. The molecule has 0 N–H and O–H groups in total. The molecule has 1 saturated heterocycles. The Hall–Kier alpha value is -1.80. The second kappa shape index (κ2) is 6.31. The number of morpholine rings is 1. The standard InChI is InChI=1S/C13H15N3O4S/c1-9(12(17)16-4-7-18-8-5-16)21-13-15-14-11(20-13)10-3-2-6-19-10/h2-3,6,9H,4-5,7-8H2,1H3. The number of carbonyl (C=O) groups is 1. The van der Waals surface area contributed by atoms with Crippen LogP contribution in [0, 0.1) is 0 Å². The number of thioether (sulfide) groups is 1. The topological polar surface area (TPSA) is 81.6 Å². The van der Waals surface area contributed by atoms with Crippen molar-refractivity contribution in [3.63, 3.8) is 0 Å². The average Bonchev–Trinajstić information content (AvgIpc) is 3.18. The molecule has 1 atom stereocenters. The summed E-state index contributed by atoms with van der Waals surface area (Å²) in [6, 6.07) is 3.49. The molecule has 2 aromatic rings. The van der Waals surface area contributed by atoms with E-state index in [1.54, 1.807) is 17.0 Å². The number of carbonyl (C=O) groups excluding carboxylic acids is 1. The van der Waals surface area contributed by atoms with Crippen LogP contribution >= 0.6 is 11.8 Å². The number of aromatic nitrogens is 2. The van der Waals surface area contributed by atoms with E-state index in [4.69, 9.17) is 13.6 Å². The van der Waals surface area contributed by atoms with E-state index >= 15 is 0 Å². The SMILES string of the molecule is CC(Sc1nnc(-c2ccco2)o1)C(=O)N1CCOCC1. The number of furan rings is 1. The molecule has 0 bridgehead atoms. The summed E-state index contributed by atoms with van der Waals surface area (Å²) in [5.74, 6) is 0.885. The molecule has 3 heterocycles. The number of hydrogen-bond acceptors (Lipinski definition) is 7. The zero-order valence-corrected chi connectivity index (χ0v) is 12.3. The van der Waals surface area contributed by atoms with Gasteiger partial charge in [0.1, 0.15) is 0 Å². The lowest BCUT2D eigenvalue weighted by atomic mass is 10.3. The van der Waals surface area contributed by atoms with Crippen LogP contribution in [0.2, 0.25) is 0 Å². The minimum atomic E-state index is -0.284. The van der Waals surface area contributed by atoms with Crippen LogP contribution in [0.1, 0.15) is 6.92 Å². The lowest BCUT2D eigenvalue weighted by Crippen LogP contribution is -2.44. The highest BCUT2D eigenvalue weighted by atomic mass is 32.2. The Morgan fingerprint density at radius 1 is 1.38 bits per heavy atom. The normalized spacial score (nSPS) is 16.9. The molecule has 0 saturated carbocycles. The van der Waals surface area contributed by atoms with E-state index < -0.39 is 0 Å². The first kappa shape index (κ1) is 14.2. The van der Waals surface area contributed by atoms with E-state index in [0.717, 1.165) is 0 Å². The third-order valence-electron chi connectivity index (χ3n) is 3.09. The smallest absolute Gasteiger partial charge is 0.284 e. The van der Waals surface area contributed by atoms with Gasteiger partial charge in [-0.15, -0.1) is 10.2 Å². The maximum atomic E-state index is 12.3. The van der Waals surface area contributed by atoms with E-state index in [1.165, 1.54) is 18.0 Å². The van der Waals surface area contributed by atoms with Crippen molar-refractivity contribution in [3.05, 3.63) is 18.4 Å². The molecule has 8 heteroatoms. The fraction of sp³-hybridized carbons (Fsp3) is 0.462. The summed E-state index contributed by atoms with van der Waals surface area (Å²) < 4.78 is 15.9. The molecule has 3 rings (SSSR count). The van der Waals surface area contributed by atoms with E-state index in [2.05, 4.69) is 10.2 Å². The molecular formula is C13H15N3O4S. The van der Waals surface area contributed by atoms with E-state index in [1.807, 2.05) is 6.92 Å². The molecule has 7 nitrogen and oxygen atoms in total. The van der Waals surface area contributed by atoms with Gasteiger partial charge in [0.05, 0.1) is 24.7 Å². The monoisotopic (exact) mass is 309 g/mol. The Kier molecular flexibility index (Phi) is 4.26. The van der Waals surface area contributed by atoms with Gasteiger partial charge in [-0.05, 0) is 19.1 Å². The van der Waals surface area contributed by atoms with Gasteiger partial charge in [-0.25, -0.2) is 0 Å². The average molecular weight is 309 g/mol. The van der Waals surface area contributed by atoms with Gasteiger partial charge in [0.25, 0.3) is 11.1 Å². The Balaban J connectivity index is 1.62. The van der Waals surface area contributed by atoms with Gasteiger partial charge in [-0.2, -0.15) is 0 Å². The predicted molar refractivity (Wildman–Crippen MR) is 74.7 cm³/mol. The fourth-order valence-corrected chi connectivity index (χ4v) is 2.77. The zero-order valence-electron chi connectivity index (χ0n) is 11.5. The van der Waals surface area contributed by atoms with E-state index in [-0.39, 0.29) is 11.2 Å². The van der Waals surface area contributed by atoms with Gasteiger partial charge in [0, 0.05) is 13.1 Å². The van der Waals surface area contributed by atoms with Crippen molar-refractivity contribution in [2.45, 2.75) is 17.4 Å². The minimum Gasteiger partial charge on any atom is -0.459 e. The van der Waals surface area contributed by atoms with Crippen LogP contribution in [-0.2, 0) is 9.53 Å². The van der Waals surface area contributed by atoms with Gasteiger partial charge in [0.2, 0.25) is 5.91 Å². The highest BCUT2D eigenvalue weighted by Crippen LogP contribution is 2.27. The van der Waals surface area contributed by atoms with Crippen molar-refractivity contribution in [1.29, 1.82) is 0 Å². The molecule has 2 aromatic heterocycles. The quantitative estimate of drug-likeness (QED) is 0.794. The van der Waals surface area contributed by atoms with Crippen molar-refractivity contribution < 1.29 is 18.4 Å². The number of hydrogen-bond donors (Lipinski definition) is 0. The molecule has 0 spiro atoms. The molecule has 21 heavy (non-hydrogen) atoms. The van der Waals surface area contributed by atoms with Gasteiger partial charge >= 0.3 is 0 Å². The Morgan fingerprint density at radius 3 is 2.90 bits per heavy atom. The predicted octanol–water partition coefficient (Wildman–Crippen LogP) is 1.67. The summed E-state index contributed by atoms with van der Waals surface area (Å²) >= 11 is 1.25. The van der Waals surface area contributed by atoms with Gasteiger partial charge in [-0.1, -0.05) is 11.8 Å². The van der Waals surface area contributed by atoms with Gasteiger partial charge < -0.3 is 18.5 Å². The summed E-state index contributed by atoms with van der Waals surface area (Å²) in [4.78, 5) is 14.1. The summed E-state index contributed by atoms with van der Waals surface area (Å²) in [6.45, 7) is 4.27. The Morgan fingerprint density at radius 2 is 2.19 bits per heavy atom. The molecular weight excluding hydrogens is 294 g/mol. The lowest BCUT2D eigenvalue weighted by Gasteiger charge is -2.28. The van der Waals surface area contributed by atoms with Crippen LogP contribution in [0.25, 0.3) is 11.7 Å². The van der Waals surface area contributed by atoms with E-state index in [0.29, 0.717) is 43.2 Å². The van der Waals surface area contributed by atoms with Crippen LogP contribution in [-0.4, -0.2) is 52.6 Å². The first-order chi connectivity index (χ1) is 10.2. The third kappa shape index (κ3) is 3.27. The minimum absolute atomic E-state index is 0.0565. The maximum Gasteiger partial charge on any atom is 0.284 e. The van der Waals surface area contributed by atoms with Crippen molar-refractivity contribution in [2.75, 3.05) is 26.3 Å². The Bertz CT molecular complexity index is 592. The third-order valence-corrected chi connectivity index (χ3v) is 4.01.